The third-order valence-corrected chi connectivity index (χ3v) is 3.87. The van der Waals surface area contributed by atoms with Gasteiger partial charge in [0.2, 0.25) is 0 Å². The maximum atomic E-state index is 10.5. The maximum Gasteiger partial charge on any atom is 0.0837 e. The molecule has 0 spiro atoms. The molecule has 0 amide bonds. The first kappa shape index (κ1) is 9.47. The molecule has 1 aliphatic heterocycles. The molecule has 1 aliphatic carbocycles. The van der Waals surface area contributed by atoms with Crippen LogP contribution < -0.4 is 0 Å². The Morgan fingerprint density at radius 1 is 1.31 bits per heavy atom. The molecule has 2 aliphatic rings. The minimum atomic E-state index is -0.466. The zero-order chi connectivity index (χ0) is 9.53. The number of ether oxygens (including phenoxy) is 1. The molecule has 0 aromatic rings. The molecule has 0 bridgehead atoms. The summed E-state index contributed by atoms with van der Waals surface area (Å²) >= 11 is 0. The average Bonchev–Trinajstić information content (AvgIpc) is 2.80. The minimum absolute atomic E-state index is 0.0806. The van der Waals surface area contributed by atoms with Crippen LogP contribution in [0, 0.1) is 5.41 Å². The van der Waals surface area contributed by atoms with Crippen molar-refractivity contribution in [3.05, 3.63) is 0 Å². The summed E-state index contributed by atoms with van der Waals surface area (Å²) in [6.07, 6.45) is 5.74. The van der Waals surface area contributed by atoms with E-state index >= 15 is 0 Å². The maximum absolute atomic E-state index is 10.5. The zero-order valence-electron chi connectivity index (χ0n) is 8.68. The molecule has 1 heterocycles. The highest BCUT2D eigenvalue weighted by Crippen LogP contribution is 2.47. The normalized spacial score (nSPS) is 43.2. The van der Waals surface area contributed by atoms with Crippen LogP contribution in [0.1, 0.15) is 46.0 Å². The predicted molar refractivity (Wildman–Crippen MR) is 51.6 cm³/mol. The monoisotopic (exact) mass is 184 g/mol. The predicted octanol–water partition coefficient (Wildman–Crippen LogP) is 2.11. The van der Waals surface area contributed by atoms with Crippen molar-refractivity contribution >= 4 is 0 Å². The lowest BCUT2D eigenvalue weighted by Gasteiger charge is -2.46. The van der Waals surface area contributed by atoms with Gasteiger partial charge in [-0.3, -0.25) is 0 Å². The van der Waals surface area contributed by atoms with E-state index in [1.54, 1.807) is 0 Å². The van der Waals surface area contributed by atoms with E-state index in [9.17, 15) is 5.11 Å². The van der Waals surface area contributed by atoms with E-state index in [0.717, 1.165) is 25.9 Å². The quantitative estimate of drug-likeness (QED) is 0.667. The van der Waals surface area contributed by atoms with Crippen LogP contribution in [0.25, 0.3) is 0 Å². The molecule has 1 N–H and O–H groups in total. The molecular weight excluding hydrogens is 164 g/mol. The fourth-order valence-corrected chi connectivity index (χ4v) is 2.50. The summed E-state index contributed by atoms with van der Waals surface area (Å²) in [6, 6.07) is 0. The van der Waals surface area contributed by atoms with Crippen molar-refractivity contribution in [3.8, 4) is 0 Å². The number of epoxide rings is 1. The molecule has 2 unspecified atom stereocenters. The fourth-order valence-electron chi connectivity index (χ4n) is 2.50. The Morgan fingerprint density at radius 3 is 2.46 bits per heavy atom. The average molecular weight is 184 g/mol. The van der Waals surface area contributed by atoms with Crippen molar-refractivity contribution in [1.82, 2.24) is 0 Å². The lowest BCUT2D eigenvalue weighted by Crippen LogP contribution is -2.48. The van der Waals surface area contributed by atoms with Crippen LogP contribution >= 0.6 is 0 Å². The number of aliphatic hydroxyl groups is 1. The van der Waals surface area contributed by atoms with E-state index in [4.69, 9.17) is 4.74 Å². The first-order valence-electron chi connectivity index (χ1n) is 5.38. The Labute approximate surface area is 80.3 Å². The number of hydrogen-bond donors (Lipinski definition) is 1. The minimum Gasteiger partial charge on any atom is -0.389 e. The van der Waals surface area contributed by atoms with Crippen LogP contribution in [-0.2, 0) is 4.74 Å². The SMILES string of the molecule is CC1(C)CCCCC1(O)CC1CO1. The van der Waals surface area contributed by atoms with Gasteiger partial charge >= 0.3 is 0 Å². The molecule has 0 aromatic carbocycles. The molecule has 0 aromatic heterocycles. The van der Waals surface area contributed by atoms with Crippen LogP contribution in [0.2, 0.25) is 0 Å². The van der Waals surface area contributed by atoms with Crippen LogP contribution in [0.4, 0.5) is 0 Å². The highest BCUT2D eigenvalue weighted by molar-refractivity contribution is 4.99. The standard InChI is InChI=1S/C11H20O2/c1-10(2)5-3-4-6-11(10,12)7-9-8-13-9/h9,12H,3-8H2,1-2H3. The smallest absolute Gasteiger partial charge is 0.0837 e. The highest BCUT2D eigenvalue weighted by atomic mass is 16.6. The van der Waals surface area contributed by atoms with E-state index in [2.05, 4.69) is 13.8 Å². The zero-order valence-corrected chi connectivity index (χ0v) is 8.68. The van der Waals surface area contributed by atoms with E-state index in [-0.39, 0.29) is 5.41 Å². The second kappa shape index (κ2) is 2.96. The van der Waals surface area contributed by atoms with E-state index in [1.807, 2.05) is 0 Å². The van der Waals surface area contributed by atoms with Crippen molar-refractivity contribution in [3.63, 3.8) is 0 Å². The Hall–Kier alpha value is -0.0800. The van der Waals surface area contributed by atoms with Crippen molar-refractivity contribution in [2.45, 2.75) is 57.7 Å². The van der Waals surface area contributed by atoms with Crippen molar-refractivity contribution < 1.29 is 9.84 Å². The Bertz CT molecular complexity index is 196. The Kier molecular flexibility index (Phi) is 2.16. The van der Waals surface area contributed by atoms with Gasteiger partial charge in [-0.15, -0.1) is 0 Å². The third-order valence-electron chi connectivity index (χ3n) is 3.87. The molecule has 1 saturated heterocycles. The van der Waals surface area contributed by atoms with Crippen molar-refractivity contribution in [2.24, 2.45) is 5.41 Å². The summed E-state index contributed by atoms with van der Waals surface area (Å²) in [4.78, 5) is 0. The molecule has 2 atom stereocenters. The van der Waals surface area contributed by atoms with Gasteiger partial charge in [-0.25, -0.2) is 0 Å². The van der Waals surface area contributed by atoms with Crippen molar-refractivity contribution in [1.29, 1.82) is 0 Å². The fraction of sp³-hybridized carbons (Fsp3) is 1.00. The largest absolute Gasteiger partial charge is 0.389 e. The lowest BCUT2D eigenvalue weighted by atomic mass is 9.64. The molecule has 13 heavy (non-hydrogen) atoms. The number of hydrogen-bond acceptors (Lipinski definition) is 2. The molecule has 2 fully saturated rings. The van der Waals surface area contributed by atoms with Crippen LogP contribution in [0.3, 0.4) is 0 Å². The summed E-state index contributed by atoms with van der Waals surface area (Å²) in [5.74, 6) is 0. The van der Waals surface area contributed by atoms with E-state index < -0.39 is 5.60 Å². The van der Waals surface area contributed by atoms with Gasteiger partial charge in [0, 0.05) is 6.42 Å². The second-order valence-electron chi connectivity index (χ2n) is 5.28. The van der Waals surface area contributed by atoms with Gasteiger partial charge in [-0.1, -0.05) is 26.7 Å². The van der Waals surface area contributed by atoms with Crippen LogP contribution in [0.5, 0.6) is 0 Å². The summed E-state index contributed by atoms with van der Waals surface area (Å²) in [5.41, 5.74) is -0.385. The van der Waals surface area contributed by atoms with Crippen LogP contribution in [-0.4, -0.2) is 23.4 Å². The van der Waals surface area contributed by atoms with Gasteiger partial charge in [-0.2, -0.15) is 0 Å². The van der Waals surface area contributed by atoms with Gasteiger partial charge in [0.1, 0.15) is 0 Å². The van der Waals surface area contributed by atoms with Gasteiger partial charge in [-0.05, 0) is 18.3 Å². The summed E-state index contributed by atoms with van der Waals surface area (Å²) in [6.45, 7) is 5.24. The molecule has 76 valence electrons. The topological polar surface area (TPSA) is 32.8 Å². The van der Waals surface area contributed by atoms with Crippen molar-refractivity contribution in [2.75, 3.05) is 6.61 Å². The molecule has 1 saturated carbocycles. The van der Waals surface area contributed by atoms with E-state index in [1.165, 1.54) is 12.8 Å². The summed E-state index contributed by atoms with van der Waals surface area (Å²) < 4.78 is 5.21. The summed E-state index contributed by atoms with van der Waals surface area (Å²) in [7, 11) is 0. The first-order chi connectivity index (χ1) is 6.04. The summed E-state index contributed by atoms with van der Waals surface area (Å²) in [5, 5.41) is 10.5. The molecular formula is C11H20O2. The highest BCUT2D eigenvalue weighted by Gasteiger charge is 2.48. The molecule has 0 radical (unpaired) electrons. The first-order valence-corrected chi connectivity index (χ1v) is 5.38. The Balaban J connectivity index is 2.06. The number of rotatable bonds is 2. The Morgan fingerprint density at radius 2 is 1.92 bits per heavy atom. The lowest BCUT2D eigenvalue weighted by molar-refractivity contribution is -0.105. The molecule has 2 nitrogen and oxygen atoms in total. The van der Waals surface area contributed by atoms with E-state index in [0.29, 0.717) is 6.10 Å². The van der Waals surface area contributed by atoms with Gasteiger partial charge in [0.15, 0.2) is 0 Å². The van der Waals surface area contributed by atoms with Gasteiger partial charge in [0.25, 0.3) is 0 Å². The second-order valence-corrected chi connectivity index (χ2v) is 5.28. The van der Waals surface area contributed by atoms with Gasteiger partial charge in [0.05, 0.1) is 18.3 Å². The third kappa shape index (κ3) is 1.75. The molecule has 2 heteroatoms. The van der Waals surface area contributed by atoms with Crippen LogP contribution in [0.15, 0.2) is 0 Å². The molecule has 2 rings (SSSR count). The van der Waals surface area contributed by atoms with Gasteiger partial charge < -0.3 is 9.84 Å².